The lowest BCUT2D eigenvalue weighted by atomic mass is 10.0. The Morgan fingerprint density at radius 1 is 1.09 bits per heavy atom. The standard InChI is InChI=1S/C18H23N5O2S.C6H6/c1-26-20-15-6-9-23(18(15)25)13-4-2-7-21(11-13)17(24)14-5-3-8-22-12-19-10-16(14)22;1-2-4-6-5-3-1/h3,5,8,10,12-13,15,20H,2,4,6-7,9,11H2,1H3;1-6H/t13-,15?;/m0./s1. The molecule has 0 aliphatic carbocycles. The topological polar surface area (TPSA) is 69.9 Å². The first-order chi connectivity index (χ1) is 15.7. The molecule has 1 N–H and O–H groups in total. The van der Waals surface area contributed by atoms with Crippen molar-refractivity contribution in [3.8, 4) is 0 Å². The summed E-state index contributed by atoms with van der Waals surface area (Å²) in [6, 6.07) is 15.7. The number of carbonyl (C=O) groups is 2. The van der Waals surface area contributed by atoms with Crippen LogP contribution < -0.4 is 4.72 Å². The fourth-order valence-corrected chi connectivity index (χ4v) is 4.90. The van der Waals surface area contributed by atoms with Gasteiger partial charge in [-0.1, -0.05) is 48.3 Å². The van der Waals surface area contributed by atoms with E-state index < -0.39 is 0 Å². The normalized spacial score (nSPS) is 20.8. The van der Waals surface area contributed by atoms with Crippen molar-refractivity contribution in [2.45, 2.75) is 31.3 Å². The number of likely N-dealkylation sites (tertiary alicyclic amines) is 2. The van der Waals surface area contributed by atoms with E-state index in [1.165, 1.54) is 11.9 Å². The van der Waals surface area contributed by atoms with Crippen LogP contribution in [0.25, 0.3) is 5.52 Å². The summed E-state index contributed by atoms with van der Waals surface area (Å²) in [6.45, 7) is 2.10. The molecule has 3 aromatic rings. The second-order valence-corrected chi connectivity index (χ2v) is 8.65. The number of piperidine rings is 1. The van der Waals surface area contributed by atoms with Crippen molar-refractivity contribution in [3.63, 3.8) is 0 Å². The number of nitrogens with zero attached hydrogens (tertiary/aromatic N) is 4. The first-order valence-electron chi connectivity index (χ1n) is 11.0. The zero-order chi connectivity index (χ0) is 22.3. The molecule has 0 saturated carbocycles. The zero-order valence-electron chi connectivity index (χ0n) is 18.3. The van der Waals surface area contributed by atoms with Crippen LogP contribution in [0.3, 0.4) is 0 Å². The van der Waals surface area contributed by atoms with Gasteiger partial charge in [0.15, 0.2) is 0 Å². The molecule has 2 saturated heterocycles. The largest absolute Gasteiger partial charge is 0.337 e. The van der Waals surface area contributed by atoms with Gasteiger partial charge in [-0.2, -0.15) is 0 Å². The summed E-state index contributed by atoms with van der Waals surface area (Å²) in [6.07, 6.45) is 9.96. The molecule has 32 heavy (non-hydrogen) atoms. The van der Waals surface area contributed by atoms with Crippen LogP contribution in [-0.2, 0) is 4.79 Å². The highest BCUT2D eigenvalue weighted by atomic mass is 32.2. The number of amides is 2. The van der Waals surface area contributed by atoms with Gasteiger partial charge in [-0.3, -0.25) is 14.3 Å². The van der Waals surface area contributed by atoms with Crippen molar-refractivity contribution in [1.29, 1.82) is 0 Å². The van der Waals surface area contributed by atoms with Crippen molar-refractivity contribution in [2.24, 2.45) is 0 Å². The minimum absolute atomic E-state index is 0.0197. The third-order valence-corrected chi connectivity index (χ3v) is 6.49. The average Bonchev–Trinajstić information content (AvgIpc) is 3.47. The smallest absolute Gasteiger partial charge is 0.256 e. The van der Waals surface area contributed by atoms with Crippen molar-refractivity contribution in [1.82, 2.24) is 23.9 Å². The molecule has 2 aromatic heterocycles. The molecule has 5 rings (SSSR count). The van der Waals surface area contributed by atoms with E-state index in [1.807, 2.05) is 75.2 Å². The van der Waals surface area contributed by atoms with Crippen LogP contribution in [-0.4, -0.2) is 69.0 Å². The molecular formula is C24H29N5O2S. The number of fused-ring (bicyclic) bond motifs is 1. The highest BCUT2D eigenvalue weighted by Gasteiger charge is 2.38. The summed E-state index contributed by atoms with van der Waals surface area (Å²) in [5.74, 6) is 0.183. The molecule has 7 nitrogen and oxygen atoms in total. The molecule has 1 unspecified atom stereocenters. The molecular weight excluding hydrogens is 422 g/mol. The summed E-state index contributed by atoms with van der Waals surface area (Å²) >= 11 is 1.49. The number of imidazole rings is 1. The van der Waals surface area contributed by atoms with Crippen LogP contribution in [0.2, 0.25) is 0 Å². The molecule has 1 aromatic carbocycles. The van der Waals surface area contributed by atoms with E-state index in [2.05, 4.69) is 9.71 Å². The van der Waals surface area contributed by atoms with Gasteiger partial charge in [-0.05, 0) is 37.7 Å². The van der Waals surface area contributed by atoms with Gasteiger partial charge in [0.25, 0.3) is 5.91 Å². The van der Waals surface area contributed by atoms with Crippen molar-refractivity contribution in [3.05, 3.63) is 72.8 Å². The van der Waals surface area contributed by atoms with Crippen molar-refractivity contribution in [2.75, 3.05) is 25.9 Å². The van der Waals surface area contributed by atoms with Gasteiger partial charge in [0.05, 0.1) is 29.6 Å². The Hall–Kier alpha value is -2.84. The van der Waals surface area contributed by atoms with Crippen molar-refractivity contribution < 1.29 is 9.59 Å². The van der Waals surface area contributed by atoms with Crippen LogP contribution in [0.15, 0.2) is 67.3 Å². The van der Waals surface area contributed by atoms with E-state index in [1.54, 1.807) is 12.5 Å². The number of benzene rings is 1. The monoisotopic (exact) mass is 451 g/mol. The Kier molecular flexibility index (Phi) is 7.44. The molecule has 168 valence electrons. The van der Waals surface area contributed by atoms with Gasteiger partial charge < -0.3 is 14.2 Å². The van der Waals surface area contributed by atoms with E-state index in [0.29, 0.717) is 12.1 Å². The number of rotatable bonds is 4. The lowest BCUT2D eigenvalue weighted by Crippen LogP contribution is -2.51. The van der Waals surface area contributed by atoms with Gasteiger partial charge in [-0.25, -0.2) is 4.98 Å². The third-order valence-electron chi connectivity index (χ3n) is 5.97. The Labute approximate surface area is 192 Å². The number of pyridine rings is 1. The van der Waals surface area contributed by atoms with Gasteiger partial charge in [0, 0.05) is 31.9 Å². The summed E-state index contributed by atoms with van der Waals surface area (Å²) in [5, 5.41) is 0. The lowest BCUT2D eigenvalue weighted by Gasteiger charge is -2.37. The molecule has 0 spiro atoms. The van der Waals surface area contributed by atoms with Crippen LogP contribution in [0, 0.1) is 0 Å². The Morgan fingerprint density at radius 2 is 1.84 bits per heavy atom. The third kappa shape index (κ3) is 4.97. The molecule has 2 aliphatic heterocycles. The Bertz CT molecular complexity index is 1010. The second kappa shape index (κ2) is 10.7. The minimum Gasteiger partial charge on any atom is -0.337 e. The van der Waals surface area contributed by atoms with Crippen molar-refractivity contribution >= 4 is 29.3 Å². The highest BCUT2D eigenvalue weighted by Crippen LogP contribution is 2.24. The van der Waals surface area contributed by atoms with E-state index in [4.69, 9.17) is 0 Å². The fraction of sp³-hybridized carbons (Fsp3) is 0.375. The van der Waals surface area contributed by atoms with E-state index >= 15 is 0 Å². The maximum absolute atomic E-state index is 13.1. The van der Waals surface area contributed by atoms with Gasteiger partial charge in [0.1, 0.15) is 0 Å². The van der Waals surface area contributed by atoms with Gasteiger partial charge >= 0.3 is 0 Å². The van der Waals surface area contributed by atoms with Crippen LogP contribution in [0.1, 0.15) is 29.6 Å². The summed E-state index contributed by atoms with van der Waals surface area (Å²) in [5.41, 5.74) is 1.49. The minimum atomic E-state index is -0.100. The molecule has 0 bridgehead atoms. The average molecular weight is 452 g/mol. The first-order valence-corrected chi connectivity index (χ1v) is 12.2. The van der Waals surface area contributed by atoms with Crippen LogP contribution >= 0.6 is 11.9 Å². The van der Waals surface area contributed by atoms with Gasteiger partial charge in [-0.15, -0.1) is 0 Å². The Balaban J connectivity index is 0.000000354. The lowest BCUT2D eigenvalue weighted by molar-refractivity contribution is -0.131. The summed E-state index contributed by atoms with van der Waals surface area (Å²) in [4.78, 5) is 33.7. The predicted octanol–water partition coefficient (Wildman–Crippen LogP) is 3.09. The van der Waals surface area contributed by atoms with Crippen LogP contribution in [0.5, 0.6) is 0 Å². The molecule has 2 atom stereocenters. The fourth-order valence-electron chi connectivity index (χ4n) is 4.40. The number of hydrogen-bond donors (Lipinski definition) is 1. The summed E-state index contributed by atoms with van der Waals surface area (Å²) in [7, 11) is 0. The molecule has 2 aliphatic rings. The SMILES string of the molecule is CSNC1CCN([C@H]2CCCN(C(=O)c3cccn4cncc34)C2)C1=O.c1ccccc1. The highest BCUT2D eigenvalue weighted by molar-refractivity contribution is 7.96. The number of aromatic nitrogens is 2. The molecule has 4 heterocycles. The maximum Gasteiger partial charge on any atom is 0.256 e. The van der Waals surface area contributed by atoms with E-state index in [0.717, 1.165) is 37.9 Å². The number of carbonyl (C=O) groups excluding carboxylic acids is 2. The molecule has 2 amide bonds. The molecule has 2 fully saturated rings. The van der Waals surface area contributed by atoms with E-state index in [-0.39, 0.29) is 23.9 Å². The molecule has 8 heteroatoms. The zero-order valence-corrected chi connectivity index (χ0v) is 19.1. The van der Waals surface area contributed by atoms with E-state index in [9.17, 15) is 9.59 Å². The first kappa shape index (κ1) is 22.4. The van der Waals surface area contributed by atoms with Crippen LogP contribution in [0.4, 0.5) is 0 Å². The number of hydrogen-bond acceptors (Lipinski definition) is 5. The predicted molar refractivity (Wildman–Crippen MR) is 127 cm³/mol. The number of nitrogens with one attached hydrogen (secondary N) is 1. The Morgan fingerprint density at radius 3 is 2.56 bits per heavy atom. The van der Waals surface area contributed by atoms with Gasteiger partial charge in [0.2, 0.25) is 5.91 Å². The summed E-state index contributed by atoms with van der Waals surface area (Å²) < 4.78 is 5.03. The second-order valence-electron chi connectivity index (χ2n) is 8.00. The quantitative estimate of drug-likeness (QED) is 0.618. The maximum atomic E-state index is 13.1. The molecule has 0 radical (unpaired) electrons.